The average Bonchev–Trinajstić information content (AvgIpc) is 2.30. The van der Waals surface area contributed by atoms with Gasteiger partial charge in [-0.1, -0.05) is 22.8 Å². The molecule has 1 aromatic rings. The van der Waals surface area contributed by atoms with Gasteiger partial charge in [0.25, 0.3) is 0 Å². The first-order valence-corrected chi connectivity index (χ1v) is 5.00. The molecule has 1 N–H and O–H groups in total. The maximum absolute atomic E-state index is 11.2. The standard InChI is InChI=1S/C11H12ClNO3/c1-7(13-15)5-8-3-4-9(6-10(8)12)11(14)16-2/h3-4,6,15H,5H2,1-2H3. The van der Waals surface area contributed by atoms with Crippen molar-refractivity contribution in [3.8, 4) is 0 Å². The molecule has 86 valence electrons. The summed E-state index contributed by atoms with van der Waals surface area (Å²) in [7, 11) is 1.31. The van der Waals surface area contributed by atoms with Crippen molar-refractivity contribution in [1.82, 2.24) is 0 Å². The number of carbonyl (C=O) groups is 1. The number of esters is 1. The number of hydrogen-bond acceptors (Lipinski definition) is 4. The van der Waals surface area contributed by atoms with Crippen molar-refractivity contribution >= 4 is 23.3 Å². The molecule has 0 bridgehead atoms. The van der Waals surface area contributed by atoms with E-state index in [0.717, 1.165) is 5.56 Å². The maximum atomic E-state index is 11.2. The van der Waals surface area contributed by atoms with Crippen molar-refractivity contribution < 1.29 is 14.7 Å². The fourth-order valence-electron chi connectivity index (χ4n) is 1.25. The Labute approximate surface area is 98.5 Å². The number of halogens is 1. The summed E-state index contributed by atoms with van der Waals surface area (Å²) in [6, 6.07) is 4.87. The average molecular weight is 242 g/mol. The molecule has 0 aliphatic heterocycles. The Bertz CT molecular complexity index is 429. The van der Waals surface area contributed by atoms with E-state index in [1.807, 2.05) is 0 Å². The number of hydrogen-bond donors (Lipinski definition) is 1. The predicted octanol–water partition coefficient (Wildman–Crippen LogP) is 2.52. The molecule has 0 atom stereocenters. The first-order chi connectivity index (χ1) is 7.58. The molecule has 0 unspecified atom stereocenters. The van der Waals surface area contributed by atoms with Gasteiger partial charge in [0.15, 0.2) is 0 Å². The minimum atomic E-state index is -0.430. The van der Waals surface area contributed by atoms with E-state index in [9.17, 15) is 4.79 Å². The second-order valence-electron chi connectivity index (χ2n) is 3.31. The van der Waals surface area contributed by atoms with Crippen molar-refractivity contribution in [3.05, 3.63) is 34.3 Å². The summed E-state index contributed by atoms with van der Waals surface area (Å²) in [4.78, 5) is 11.2. The van der Waals surface area contributed by atoms with E-state index >= 15 is 0 Å². The highest BCUT2D eigenvalue weighted by molar-refractivity contribution is 6.31. The highest BCUT2D eigenvalue weighted by Gasteiger charge is 2.09. The zero-order valence-electron chi connectivity index (χ0n) is 9.03. The Morgan fingerprint density at radius 1 is 1.56 bits per heavy atom. The molecule has 0 aliphatic carbocycles. The molecule has 0 heterocycles. The summed E-state index contributed by atoms with van der Waals surface area (Å²) in [5, 5.41) is 12.1. The Morgan fingerprint density at radius 2 is 2.25 bits per heavy atom. The van der Waals surface area contributed by atoms with Gasteiger partial charge in [-0.05, 0) is 24.6 Å². The number of benzene rings is 1. The van der Waals surface area contributed by atoms with Gasteiger partial charge in [0, 0.05) is 11.4 Å². The number of carbonyl (C=O) groups excluding carboxylic acids is 1. The van der Waals surface area contributed by atoms with Crippen LogP contribution in [0.25, 0.3) is 0 Å². The molecule has 1 rings (SSSR count). The number of methoxy groups -OCH3 is 1. The van der Waals surface area contributed by atoms with Gasteiger partial charge in [0.2, 0.25) is 0 Å². The molecule has 5 heteroatoms. The number of ether oxygens (including phenoxy) is 1. The van der Waals surface area contributed by atoms with E-state index in [2.05, 4.69) is 9.89 Å². The maximum Gasteiger partial charge on any atom is 0.337 e. The summed E-state index contributed by atoms with van der Waals surface area (Å²) < 4.78 is 4.57. The molecule has 0 saturated carbocycles. The molecule has 0 saturated heterocycles. The quantitative estimate of drug-likeness (QED) is 0.383. The van der Waals surface area contributed by atoms with Crippen LogP contribution in [-0.4, -0.2) is 24.0 Å². The van der Waals surface area contributed by atoms with E-state index in [0.29, 0.717) is 22.7 Å². The lowest BCUT2D eigenvalue weighted by molar-refractivity contribution is 0.0600. The first-order valence-electron chi connectivity index (χ1n) is 4.62. The van der Waals surface area contributed by atoms with E-state index in [4.69, 9.17) is 16.8 Å². The molecule has 4 nitrogen and oxygen atoms in total. The Hall–Kier alpha value is -1.55. The molecule has 0 aliphatic rings. The molecule has 0 aromatic heterocycles. The second kappa shape index (κ2) is 5.51. The van der Waals surface area contributed by atoms with Crippen LogP contribution < -0.4 is 0 Å². The first kappa shape index (κ1) is 12.5. The monoisotopic (exact) mass is 241 g/mol. The zero-order valence-corrected chi connectivity index (χ0v) is 9.78. The fraction of sp³-hybridized carbons (Fsp3) is 0.273. The molecule has 0 radical (unpaired) electrons. The number of nitrogens with zero attached hydrogens (tertiary/aromatic N) is 1. The third kappa shape index (κ3) is 2.97. The SMILES string of the molecule is COC(=O)c1ccc(CC(C)=NO)c(Cl)c1. The topological polar surface area (TPSA) is 58.9 Å². The second-order valence-corrected chi connectivity index (χ2v) is 3.72. The van der Waals surface area contributed by atoms with Gasteiger partial charge in [-0.3, -0.25) is 0 Å². The van der Waals surface area contributed by atoms with Gasteiger partial charge < -0.3 is 9.94 Å². The highest BCUT2D eigenvalue weighted by atomic mass is 35.5. The van der Waals surface area contributed by atoms with Crippen LogP contribution in [0.3, 0.4) is 0 Å². The van der Waals surface area contributed by atoms with Crippen molar-refractivity contribution in [1.29, 1.82) is 0 Å². The van der Waals surface area contributed by atoms with Crippen LogP contribution in [-0.2, 0) is 11.2 Å². The van der Waals surface area contributed by atoms with Gasteiger partial charge >= 0.3 is 5.97 Å². The lowest BCUT2D eigenvalue weighted by Gasteiger charge is -2.05. The lowest BCUT2D eigenvalue weighted by Crippen LogP contribution is -2.03. The van der Waals surface area contributed by atoms with Crippen LogP contribution in [0.4, 0.5) is 0 Å². The molecule has 0 spiro atoms. The van der Waals surface area contributed by atoms with Crippen LogP contribution in [0.5, 0.6) is 0 Å². The Kier molecular flexibility index (Phi) is 4.31. The van der Waals surface area contributed by atoms with Gasteiger partial charge in [-0.15, -0.1) is 0 Å². The van der Waals surface area contributed by atoms with E-state index in [-0.39, 0.29) is 0 Å². The molecule has 1 aromatic carbocycles. The minimum Gasteiger partial charge on any atom is -0.465 e. The molecular formula is C11H12ClNO3. The smallest absolute Gasteiger partial charge is 0.337 e. The third-order valence-corrected chi connectivity index (χ3v) is 2.44. The Morgan fingerprint density at radius 3 is 2.75 bits per heavy atom. The van der Waals surface area contributed by atoms with Crippen LogP contribution in [0.1, 0.15) is 22.8 Å². The number of oxime groups is 1. The van der Waals surface area contributed by atoms with Crippen molar-refractivity contribution in [2.24, 2.45) is 5.16 Å². The molecule has 16 heavy (non-hydrogen) atoms. The van der Waals surface area contributed by atoms with Crippen molar-refractivity contribution in [2.75, 3.05) is 7.11 Å². The molecule has 0 amide bonds. The van der Waals surface area contributed by atoms with Gasteiger partial charge in [-0.25, -0.2) is 4.79 Å². The number of rotatable bonds is 3. The zero-order chi connectivity index (χ0) is 12.1. The van der Waals surface area contributed by atoms with Gasteiger partial charge in [-0.2, -0.15) is 0 Å². The Balaban J connectivity index is 2.96. The van der Waals surface area contributed by atoms with Gasteiger partial charge in [0.1, 0.15) is 0 Å². The highest BCUT2D eigenvalue weighted by Crippen LogP contribution is 2.19. The summed E-state index contributed by atoms with van der Waals surface area (Å²) in [6.45, 7) is 1.69. The summed E-state index contributed by atoms with van der Waals surface area (Å²) >= 11 is 5.99. The lowest BCUT2D eigenvalue weighted by atomic mass is 10.1. The summed E-state index contributed by atoms with van der Waals surface area (Å²) in [6.07, 6.45) is 0.441. The van der Waals surface area contributed by atoms with Gasteiger partial charge in [0.05, 0.1) is 18.4 Å². The third-order valence-electron chi connectivity index (χ3n) is 2.09. The normalized spacial score (nSPS) is 11.3. The van der Waals surface area contributed by atoms with Crippen LogP contribution in [0.15, 0.2) is 23.4 Å². The van der Waals surface area contributed by atoms with Crippen molar-refractivity contribution in [2.45, 2.75) is 13.3 Å². The summed E-state index contributed by atoms with van der Waals surface area (Å²) in [5.74, 6) is -0.430. The predicted molar refractivity (Wildman–Crippen MR) is 61.4 cm³/mol. The van der Waals surface area contributed by atoms with Crippen LogP contribution >= 0.6 is 11.6 Å². The molecule has 0 fully saturated rings. The largest absolute Gasteiger partial charge is 0.465 e. The molecular weight excluding hydrogens is 230 g/mol. The van der Waals surface area contributed by atoms with Crippen molar-refractivity contribution in [3.63, 3.8) is 0 Å². The fourth-order valence-corrected chi connectivity index (χ4v) is 1.49. The summed E-state index contributed by atoms with van der Waals surface area (Å²) in [5.41, 5.74) is 1.74. The van der Waals surface area contributed by atoms with E-state index in [1.165, 1.54) is 13.2 Å². The van der Waals surface area contributed by atoms with E-state index < -0.39 is 5.97 Å². The van der Waals surface area contributed by atoms with Crippen LogP contribution in [0, 0.1) is 0 Å². The minimum absolute atomic E-state index is 0.398. The van der Waals surface area contributed by atoms with E-state index in [1.54, 1.807) is 19.1 Å². The van der Waals surface area contributed by atoms with Crippen LogP contribution in [0.2, 0.25) is 5.02 Å².